The summed E-state index contributed by atoms with van der Waals surface area (Å²) >= 11 is 0. The Labute approximate surface area is 169 Å². The number of likely N-dealkylation sites (N-methyl/N-ethyl adjacent to an activating group) is 1. The van der Waals surface area contributed by atoms with Crippen molar-refractivity contribution in [1.82, 2.24) is 19.8 Å². The van der Waals surface area contributed by atoms with E-state index in [1.165, 1.54) is 0 Å². The summed E-state index contributed by atoms with van der Waals surface area (Å²) in [5.74, 6) is -0.787. The summed E-state index contributed by atoms with van der Waals surface area (Å²) in [5, 5.41) is 13.1. The van der Waals surface area contributed by atoms with Crippen LogP contribution in [-0.4, -0.2) is 45.2 Å². The number of nitrogens with zero attached hydrogens (tertiary/aromatic N) is 3. The standard InChI is InChI=1S/C22H26N4O3/c1-3-6-14-8-9-17-20-19(21(28)24-11-15-7-4-5-10-23-15)16(13-27)18(25(20)2)12-26(17)22(14)29/h3-10,16,18-20,27H,11-13H2,1-2H3,(H,24,28)/b6-3+/t16-,18-,19+,20+/m0/s1. The molecule has 2 aromatic heterocycles. The molecule has 1 fully saturated rings. The number of fused-ring (bicyclic) bond motifs is 4. The van der Waals surface area contributed by atoms with Gasteiger partial charge in [-0.15, -0.1) is 0 Å². The minimum Gasteiger partial charge on any atom is -0.396 e. The van der Waals surface area contributed by atoms with Crippen molar-refractivity contribution in [2.24, 2.45) is 11.8 Å². The van der Waals surface area contributed by atoms with Crippen LogP contribution in [0.4, 0.5) is 0 Å². The van der Waals surface area contributed by atoms with Crippen molar-refractivity contribution >= 4 is 12.0 Å². The normalized spacial score (nSPS) is 25.9. The molecular formula is C22H26N4O3. The molecule has 2 aliphatic rings. The molecule has 0 unspecified atom stereocenters. The maximum absolute atomic E-state index is 13.2. The molecule has 152 valence electrons. The Bertz CT molecular complexity index is 985. The molecule has 0 radical (unpaired) electrons. The fraction of sp³-hybridized carbons (Fsp3) is 0.409. The summed E-state index contributed by atoms with van der Waals surface area (Å²) < 4.78 is 1.78. The van der Waals surface area contributed by atoms with E-state index >= 15 is 0 Å². The third-order valence-electron chi connectivity index (χ3n) is 6.20. The molecule has 4 heterocycles. The van der Waals surface area contributed by atoms with Gasteiger partial charge in [-0.25, -0.2) is 0 Å². The molecule has 0 aliphatic carbocycles. The highest BCUT2D eigenvalue weighted by Crippen LogP contribution is 2.47. The molecule has 0 saturated carbocycles. The summed E-state index contributed by atoms with van der Waals surface area (Å²) in [6.45, 7) is 2.59. The minimum atomic E-state index is -0.431. The molecule has 2 N–H and O–H groups in total. The van der Waals surface area contributed by atoms with Crippen molar-refractivity contribution in [2.45, 2.75) is 32.1 Å². The zero-order chi connectivity index (χ0) is 20.5. The molecule has 29 heavy (non-hydrogen) atoms. The molecule has 0 spiro atoms. The van der Waals surface area contributed by atoms with Gasteiger partial charge in [0.25, 0.3) is 5.56 Å². The van der Waals surface area contributed by atoms with Crippen molar-refractivity contribution < 1.29 is 9.90 Å². The summed E-state index contributed by atoms with van der Waals surface area (Å²) in [5.41, 5.74) is 2.20. The van der Waals surface area contributed by atoms with Gasteiger partial charge in [0.2, 0.25) is 5.91 Å². The summed E-state index contributed by atoms with van der Waals surface area (Å²) in [6, 6.07) is 9.01. The molecular weight excluding hydrogens is 368 g/mol. The van der Waals surface area contributed by atoms with Crippen LogP contribution in [0.1, 0.15) is 29.9 Å². The maximum atomic E-state index is 13.2. The predicted molar refractivity (Wildman–Crippen MR) is 110 cm³/mol. The third kappa shape index (κ3) is 3.30. The van der Waals surface area contributed by atoms with Gasteiger partial charge in [-0.1, -0.05) is 18.2 Å². The lowest BCUT2D eigenvalue weighted by Crippen LogP contribution is -2.44. The van der Waals surface area contributed by atoms with Crippen molar-refractivity contribution in [3.8, 4) is 0 Å². The predicted octanol–water partition coefficient (Wildman–Crippen LogP) is 1.19. The van der Waals surface area contributed by atoms with E-state index in [0.717, 1.165) is 11.4 Å². The summed E-state index contributed by atoms with van der Waals surface area (Å²) in [4.78, 5) is 32.5. The number of carbonyl (C=O) groups excluding carboxylic acids is 1. The summed E-state index contributed by atoms with van der Waals surface area (Å²) in [6.07, 6.45) is 5.34. The molecule has 4 rings (SSSR count). The van der Waals surface area contributed by atoms with Gasteiger partial charge in [0, 0.05) is 42.6 Å². The highest BCUT2D eigenvalue weighted by atomic mass is 16.3. The van der Waals surface area contributed by atoms with Gasteiger partial charge in [-0.2, -0.15) is 0 Å². The lowest BCUT2D eigenvalue weighted by Gasteiger charge is -2.35. The molecule has 7 heteroatoms. The fourth-order valence-electron chi connectivity index (χ4n) is 4.81. The van der Waals surface area contributed by atoms with Crippen LogP contribution < -0.4 is 10.9 Å². The highest BCUT2D eigenvalue weighted by Gasteiger charge is 2.54. The van der Waals surface area contributed by atoms with Crippen molar-refractivity contribution in [2.75, 3.05) is 13.7 Å². The van der Waals surface area contributed by atoms with Gasteiger partial charge >= 0.3 is 0 Å². The number of nitrogens with one attached hydrogen (secondary N) is 1. The number of hydrogen-bond donors (Lipinski definition) is 2. The Morgan fingerprint density at radius 2 is 2.17 bits per heavy atom. The largest absolute Gasteiger partial charge is 0.396 e. The second kappa shape index (κ2) is 7.93. The van der Waals surface area contributed by atoms with Crippen LogP contribution in [0, 0.1) is 11.8 Å². The number of aliphatic hydroxyl groups is 1. The lowest BCUT2D eigenvalue weighted by atomic mass is 9.86. The lowest BCUT2D eigenvalue weighted by molar-refractivity contribution is -0.127. The number of aliphatic hydroxyl groups excluding tert-OH is 1. The first-order chi connectivity index (χ1) is 14.1. The average molecular weight is 394 g/mol. The fourth-order valence-corrected chi connectivity index (χ4v) is 4.81. The van der Waals surface area contributed by atoms with Gasteiger partial charge < -0.3 is 15.0 Å². The van der Waals surface area contributed by atoms with Gasteiger partial charge in [0.05, 0.1) is 24.2 Å². The van der Waals surface area contributed by atoms with E-state index in [2.05, 4.69) is 15.2 Å². The number of hydrogen-bond acceptors (Lipinski definition) is 5. The van der Waals surface area contributed by atoms with E-state index < -0.39 is 5.92 Å². The van der Waals surface area contributed by atoms with Crippen LogP contribution in [0.5, 0.6) is 0 Å². The smallest absolute Gasteiger partial charge is 0.258 e. The number of amides is 1. The second-order valence-corrected chi connectivity index (χ2v) is 7.72. The average Bonchev–Trinajstić information content (AvgIpc) is 2.91. The van der Waals surface area contributed by atoms with Gasteiger partial charge in [0.1, 0.15) is 0 Å². The van der Waals surface area contributed by atoms with Crippen molar-refractivity contribution in [3.05, 3.63) is 69.9 Å². The van der Waals surface area contributed by atoms with Crippen LogP contribution >= 0.6 is 0 Å². The van der Waals surface area contributed by atoms with E-state index in [4.69, 9.17) is 0 Å². The zero-order valence-corrected chi connectivity index (χ0v) is 16.7. The Kier molecular flexibility index (Phi) is 5.34. The topological polar surface area (TPSA) is 87.5 Å². The monoisotopic (exact) mass is 394 g/mol. The zero-order valence-electron chi connectivity index (χ0n) is 16.7. The number of rotatable bonds is 5. The van der Waals surface area contributed by atoms with Crippen LogP contribution in [0.25, 0.3) is 6.08 Å². The molecule has 0 aromatic carbocycles. The third-order valence-corrected chi connectivity index (χ3v) is 6.20. The molecule has 2 aliphatic heterocycles. The van der Waals surface area contributed by atoms with E-state index in [0.29, 0.717) is 18.7 Å². The first kappa shape index (κ1) is 19.5. The Balaban J connectivity index is 1.67. The van der Waals surface area contributed by atoms with Crippen molar-refractivity contribution in [1.29, 1.82) is 0 Å². The molecule has 4 atom stereocenters. The van der Waals surface area contributed by atoms with E-state index in [-0.39, 0.29) is 36.1 Å². The number of allylic oxidation sites excluding steroid dienone is 1. The second-order valence-electron chi connectivity index (χ2n) is 7.72. The van der Waals surface area contributed by atoms with Gasteiger partial charge in [-0.05, 0) is 38.2 Å². The number of aromatic nitrogens is 2. The van der Waals surface area contributed by atoms with Gasteiger partial charge in [-0.3, -0.25) is 19.5 Å². The minimum absolute atomic E-state index is 0.0464. The SMILES string of the molecule is C/C=C/c1ccc2n(c1=O)C[C@H]1[C@H](CO)[C@@H](C(=O)NCc3ccccn3)[C@@H]2N1C. The molecule has 2 bridgehead atoms. The van der Waals surface area contributed by atoms with E-state index in [9.17, 15) is 14.7 Å². The van der Waals surface area contributed by atoms with Crippen molar-refractivity contribution in [3.63, 3.8) is 0 Å². The molecule has 2 aromatic rings. The first-order valence-electron chi connectivity index (χ1n) is 9.93. The first-order valence-corrected chi connectivity index (χ1v) is 9.93. The quantitative estimate of drug-likeness (QED) is 0.795. The Morgan fingerprint density at radius 3 is 2.86 bits per heavy atom. The number of pyridine rings is 2. The molecule has 7 nitrogen and oxygen atoms in total. The molecule has 1 saturated heterocycles. The van der Waals surface area contributed by atoms with Crippen LogP contribution in [0.2, 0.25) is 0 Å². The Morgan fingerprint density at radius 1 is 1.34 bits per heavy atom. The van der Waals surface area contributed by atoms with Crippen LogP contribution in [-0.2, 0) is 17.9 Å². The summed E-state index contributed by atoms with van der Waals surface area (Å²) in [7, 11) is 1.97. The van der Waals surface area contributed by atoms with E-state index in [1.807, 2.05) is 50.4 Å². The van der Waals surface area contributed by atoms with E-state index in [1.54, 1.807) is 16.8 Å². The number of carbonyl (C=O) groups is 1. The van der Waals surface area contributed by atoms with Gasteiger partial charge in [0.15, 0.2) is 0 Å². The van der Waals surface area contributed by atoms with Crippen LogP contribution in [0.3, 0.4) is 0 Å². The Hall–Kier alpha value is -2.77. The highest BCUT2D eigenvalue weighted by molar-refractivity contribution is 5.80. The van der Waals surface area contributed by atoms with Crippen LogP contribution in [0.15, 0.2) is 47.4 Å². The molecule has 1 amide bonds. The maximum Gasteiger partial charge on any atom is 0.258 e.